The molecule has 0 saturated heterocycles. The molecule has 0 bridgehead atoms. The van der Waals surface area contributed by atoms with Gasteiger partial charge in [0.25, 0.3) is 0 Å². The summed E-state index contributed by atoms with van der Waals surface area (Å²) in [7, 11) is -1.43. The fraction of sp³-hybridized carbons (Fsp3) is 0.385. The van der Waals surface area contributed by atoms with Crippen LogP contribution in [0, 0.1) is 0 Å². The van der Waals surface area contributed by atoms with Gasteiger partial charge in [0.15, 0.2) is 15.7 Å². The highest BCUT2D eigenvalue weighted by Crippen LogP contribution is 2.16. The lowest BCUT2D eigenvalue weighted by molar-refractivity contribution is 0.174. The number of nitrogens with one attached hydrogen (secondary N) is 1. The summed E-state index contributed by atoms with van der Waals surface area (Å²) in [5.74, 6) is 0.650. The molecule has 21 heavy (non-hydrogen) atoms. The quantitative estimate of drug-likeness (QED) is 0.782. The zero-order chi connectivity index (χ0) is 15.5. The van der Waals surface area contributed by atoms with Crippen molar-refractivity contribution in [1.29, 1.82) is 0 Å². The lowest BCUT2D eigenvalue weighted by atomic mass is 10.1. The van der Waals surface area contributed by atoms with Crippen molar-refractivity contribution in [3.8, 4) is 0 Å². The Bertz CT molecular complexity index is 694. The molecule has 0 radical (unpaired) electrons. The number of nitrogens with zero attached hydrogens (tertiary/aromatic N) is 3. The van der Waals surface area contributed by atoms with Crippen LogP contribution in [-0.4, -0.2) is 41.1 Å². The predicted octanol–water partition coefficient (Wildman–Crippen LogP) is 0.0418. The molecule has 1 heterocycles. The van der Waals surface area contributed by atoms with Gasteiger partial charge >= 0.3 is 0 Å². The van der Waals surface area contributed by atoms with E-state index in [9.17, 15) is 13.5 Å². The van der Waals surface area contributed by atoms with Crippen LogP contribution in [0.15, 0.2) is 35.5 Å². The van der Waals surface area contributed by atoms with Gasteiger partial charge in [0.1, 0.15) is 6.33 Å². The minimum atomic E-state index is -3.21. The van der Waals surface area contributed by atoms with E-state index in [1.165, 1.54) is 12.1 Å². The molecule has 0 aliphatic carbocycles. The maximum atomic E-state index is 11.4. The third kappa shape index (κ3) is 4.35. The first kappa shape index (κ1) is 15.6. The van der Waals surface area contributed by atoms with Crippen LogP contribution in [0.5, 0.6) is 0 Å². The van der Waals surface area contributed by atoms with E-state index in [0.29, 0.717) is 24.5 Å². The maximum Gasteiger partial charge on any atom is 0.175 e. The van der Waals surface area contributed by atoms with E-state index in [1.807, 2.05) is 0 Å². The molecular formula is C13H18N4O3S. The smallest absolute Gasteiger partial charge is 0.175 e. The zero-order valence-electron chi connectivity index (χ0n) is 11.9. The Balaban J connectivity index is 1.89. The number of hydrogen-bond donors (Lipinski definition) is 2. The van der Waals surface area contributed by atoms with Crippen molar-refractivity contribution in [3.63, 3.8) is 0 Å². The monoisotopic (exact) mass is 310 g/mol. The van der Waals surface area contributed by atoms with Gasteiger partial charge in [0.05, 0.1) is 17.5 Å². The van der Waals surface area contributed by atoms with Crippen LogP contribution in [0.1, 0.15) is 17.5 Å². The topological polar surface area (TPSA) is 97.1 Å². The molecule has 0 amide bonds. The van der Waals surface area contributed by atoms with Gasteiger partial charge in [-0.05, 0) is 17.7 Å². The van der Waals surface area contributed by atoms with Crippen LogP contribution >= 0.6 is 0 Å². The highest BCUT2D eigenvalue weighted by atomic mass is 32.2. The summed E-state index contributed by atoms with van der Waals surface area (Å²) in [4.78, 5) is 4.30. The fourth-order valence-corrected chi connectivity index (χ4v) is 2.47. The predicted molar refractivity (Wildman–Crippen MR) is 77.2 cm³/mol. The van der Waals surface area contributed by atoms with Crippen LogP contribution < -0.4 is 5.32 Å². The van der Waals surface area contributed by atoms with Gasteiger partial charge in [-0.2, -0.15) is 5.10 Å². The molecule has 7 nitrogen and oxygen atoms in total. The first-order valence-corrected chi connectivity index (χ1v) is 8.29. The van der Waals surface area contributed by atoms with Crippen molar-refractivity contribution in [2.45, 2.75) is 17.5 Å². The maximum absolute atomic E-state index is 11.4. The first-order chi connectivity index (χ1) is 9.86. The van der Waals surface area contributed by atoms with Gasteiger partial charge in [0, 0.05) is 19.8 Å². The van der Waals surface area contributed by atoms with Crippen molar-refractivity contribution in [2.24, 2.45) is 7.05 Å². The second kappa shape index (κ2) is 6.33. The van der Waals surface area contributed by atoms with Crippen LogP contribution in [0.25, 0.3) is 0 Å². The van der Waals surface area contributed by atoms with Gasteiger partial charge in [-0.15, -0.1) is 0 Å². The Morgan fingerprint density at radius 3 is 2.52 bits per heavy atom. The lowest BCUT2D eigenvalue weighted by Crippen LogP contribution is -2.21. The molecule has 2 aromatic rings. The van der Waals surface area contributed by atoms with E-state index in [-0.39, 0.29) is 4.90 Å². The molecule has 1 aromatic carbocycles. The van der Waals surface area contributed by atoms with E-state index < -0.39 is 15.9 Å². The standard InChI is InChI=1S/C13H18N4O3S/c1-17-9-15-13(16-17)8-14-7-12(18)10-3-5-11(6-4-10)21(2,19)20/h3-6,9,12,14,18H,7-8H2,1-2H3. The zero-order valence-corrected chi connectivity index (χ0v) is 12.7. The number of aryl methyl sites for hydroxylation is 1. The summed E-state index contributed by atoms with van der Waals surface area (Å²) >= 11 is 0. The van der Waals surface area contributed by atoms with Crippen LogP contribution in [0.3, 0.4) is 0 Å². The Hall–Kier alpha value is -1.77. The minimum Gasteiger partial charge on any atom is -0.387 e. The van der Waals surface area contributed by atoms with Crippen molar-refractivity contribution in [2.75, 3.05) is 12.8 Å². The summed E-state index contributed by atoms with van der Waals surface area (Å²) < 4.78 is 24.3. The van der Waals surface area contributed by atoms with Crippen molar-refractivity contribution < 1.29 is 13.5 Å². The Labute approximate surface area is 123 Å². The van der Waals surface area contributed by atoms with Crippen LogP contribution in [-0.2, 0) is 23.4 Å². The SMILES string of the molecule is Cn1cnc(CNCC(O)c2ccc(S(C)(=O)=O)cc2)n1. The van der Waals surface area contributed by atoms with Gasteiger partial charge in [-0.1, -0.05) is 12.1 Å². The van der Waals surface area contributed by atoms with E-state index in [0.717, 1.165) is 6.26 Å². The molecule has 8 heteroatoms. The summed E-state index contributed by atoms with van der Waals surface area (Å²) in [6, 6.07) is 6.21. The third-order valence-corrected chi connectivity index (χ3v) is 4.09. The molecule has 0 fully saturated rings. The number of aromatic nitrogens is 3. The summed E-state index contributed by atoms with van der Waals surface area (Å²) in [5, 5.41) is 17.2. The summed E-state index contributed by atoms with van der Waals surface area (Å²) in [5.41, 5.74) is 0.656. The molecule has 0 aliphatic rings. The molecular weight excluding hydrogens is 292 g/mol. The average Bonchev–Trinajstić information content (AvgIpc) is 2.83. The van der Waals surface area contributed by atoms with Crippen LogP contribution in [0.2, 0.25) is 0 Å². The molecule has 2 N–H and O–H groups in total. The van der Waals surface area contributed by atoms with Gasteiger partial charge in [-0.25, -0.2) is 13.4 Å². The average molecular weight is 310 g/mol. The molecule has 2 rings (SSSR count). The largest absolute Gasteiger partial charge is 0.387 e. The second-order valence-corrected chi connectivity index (χ2v) is 6.84. The number of aliphatic hydroxyl groups is 1. The minimum absolute atomic E-state index is 0.240. The third-order valence-electron chi connectivity index (χ3n) is 2.96. The molecule has 114 valence electrons. The lowest BCUT2D eigenvalue weighted by Gasteiger charge is -2.12. The molecule has 0 saturated carbocycles. The number of hydrogen-bond acceptors (Lipinski definition) is 6. The Morgan fingerprint density at radius 1 is 1.33 bits per heavy atom. The second-order valence-electron chi connectivity index (χ2n) is 4.82. The van der Waals surface area contributed by atoms with E-state index >= 15 is 0 Å². The summed E-state index contributed by atoms with van der Waals surface area (Å²) in [6.07, 6.45) is 2.04. The first-order valence-electron chi connectivity index (χ1n) is 6.39. The molecule has 0 aliphatic heterocycles. The van der Waals surface area contributed by atoms with Crippen molar-refractivity contribution >= 4 is 9.84 Å². The Kier molecular flexibility index (Phi) is 4.71. The van der Waals surface area contributed by atoms with Crippen molar-refractivity contribution in [3.05, 3.63) is 42.0 Å². The Morgan fingerprint density at radius 2 is 2.00 bits per heavy atom. The highest BCUT2D eigenvalue weighted by molar-refractivity contribution is 7.90. The van der Waals surface area contributed by atoms with Gasteiger partial charge < -0.3 is 10.4 Å². The number of benzene rings is 1. The van der Waals surface area contributed by atoms with E-state index in [2.05, 4.69) is 15.4 Å². The van der Waals surface area contributed by atoms with Gasteiger partial charge in [-0.3, -0.25) is 4.68 Å². The molecule has 1 aromatic heterocycles. The highest BCUT2D eigenvalue weighted by Gasteiger charge is 2.11. The van der Waals surface area contributed by atoms with Gasteiger partial charge in [0.2, 0.25) is 0 Å². The van der Waals surface area contributed by atoms with E-state index in [4.69, 9.17) is 0 Å². The number of aliphatic hydroxyl groups excluding tert-OH is 1. The van der Waals surface area contributed by atoms with Crippen molar-refractivity contribution in [1.82, 2.24) is 20.1 Å². The van der Waals surface area contributed by atoms with Crippen LogP contribution in [0.4, 0.5) is 0 Å². The van der Waals surface area contributed by atoms with E-state index in [1.54, 1.807) is 30.2 Å². The number of sulfone groups is 1. The molecule has 1 unspecified atom stereocenters. The summed E-state index contributed by atoms with van der Waals surface area (Å²) in [6.45, 7) is 0.787. The normalized spacial score (nSPS) is 13.3. The molecule has 0 spiro atoms. The molecule has 1 atom stereocenters. The number of rotatable bonds is 6. The fourth-order valence-electron chi connectivity index (χ4n) is 1.84.